The second-order valence-corrected chi connectivity index (χ2v) is 3.94. The lowest BCUT2D eigenvalue weighted by molar-refractivity contribution is -0.139. The highest BCUT2D eigenvalue weighted by Crippen LogP contribution is 2.21. The zero-order valence-electron chi connectivity index (χ0n) is 9.66. The van der Waals surface area contributed by atoms with Gasteiger partial charge in [0.1, 0.15) is 0 Å². The molecule has 0 fully saturated rings. The van der Waals surface area contributed by atoms with E-state index in [0.29, 0.717) is 5.69 Å². The number of rotatable bonds is 5. The topological polar surface area (TPSA) is 62.2 Å². The van der Waals surface area contributed by atoms with Gasteiger partial charge in [-0.2, -0.15) is 13.2 Å². The third-order valence-corrected chi connectivity index (χ3v) is 2.24. The van der Waals surface area contributed by atoms with Crippen LogP contribution in [0.5, 0.6) is 0 Å². The van der Waals surface area contributed by atoms with E-state index in [-0.39, 0.29) is 12.1 Å². The van der Waals surface area contributed by atoms with Crippen LogP contribution in [0.25, 0.3) is 0 Å². The molecular formula is C11H13F3N2O2. The van der Waals surface area contributed by atoms with Crippen LogP contribution >= 0.6 is 0 Å². The average molecular weight is 262 g/mol. The lowest BCUT2D eigenvalue weighted by atomic mass is 10.2. The molecule has 18 heavy (non-hydrogen) atoms. The van der Waals surface area contributed by atoms with Crippen molar-refractivity contribution in [1.29, 1.82) is 0 Å². The Morgan fingerprint density at radius 3 is 2.61 bits per heavy atom. The van der Waals surface area contributed by atoms with Crippen molar-refractivity contribution in [3.05, 3.63) is 29.6 Å². The van der Waals surface area contributed by atoms with Crippen LogP contribution < -0.4 is 5.32 Å². The molecule has 0 aliphatic heterocycles. The molecule has 0 radical (unpaired) electrons. The van der Waals surface area contributed by atoms with Gasteiger partial charge in [0.05, 0.1) is 17.7 Å². The van der Waals surface area contributed by atoms with Crippen molar-refractivity contribution in [3.8, 4) is 0 Å². The fraction of sp³-hybridized carbons (Fsp3) is 0.455. The molecule has 1 atom stereocenters. The molecule has 0 aliphatic carbocycles. The monoisotopic (exact) mass is 262 g/mol. The molecule has 1 rings (SSSR count). The molecule has 4 nitrogen and oxygen atoms in total. The van der Waals surface area contributed by atoms with Crippen LogP contribution in [0.1, 0.15) is 29.4 Å². The summed E-state index contributed by atoms with van der Waals surface area (Å²) >= 11 is 0. The van der Waals surface area contributed by atoms with Gasteiger partial charge in [0.15, 0.2) is 0 Å². The largest absolute Gasteiger partial charge is 0.478 e. The summed E-state index contributed by atoms with van der Waals surface area (Å²) in [5.41, 5.74) is 0.538. The number of pyridine rings is 1. The van der Waals surface area contributed by atoms with Crippen LogP contribution in [0.4, 0.5) is 13.2 Å². The van der Waals surface area contributed by atoms with Crippen molar-refractivity contribution in [2.45, 2.75) is 32.1 Å². The molecular weight excluding hydrogens is 249 g/mol. The summed E-state index contributed by atoms with van der Waals surface area (Å²) in [5.74, 6) is -1.09. The van der Waals surface area contributed by atoms with Crippen molar-refractivity contribution in [1.82, 2.24) is 10.3 Å². The first-order valence-electron chi connectivity index (χ1n) is 5.26. The second kappa shape index (κ2) is 5.81. The third kappa shape index (κ3) is 5.13. The van der Waals surface area contributed by atoms with E-state index in [1.807, 2.05) is 0 Å². The molecule has 7 heteroatoms. The van der Waals surface area contributed by atoms with Gasteiger partial charge >= 0.3 is 12.1 Å². The number of aromatic nitrogens is 1. The minimum absolute atomic E-state index is 0.0436. The molecule has 1 unspecified atom stereocenters. The van der Waals surface area contributed by atoms with Crippen molar-refractivity contribution in [2.24, 2.45) is 0 Å². The van der Waals surface area contributed by atoms with E-state index >= 15 is 0 Å². The Hall–Kier alpha value is -1.63. The van der Waals surface area contributed by atoms with E-state index in [0.717, 1.165) is 0 Å². The summed E-state index contributed by atoms with van der Waals surface area (Å²) in [6.45, 7) is 1.59. The normalized spacial score (nSPS) is 13.3. The predicted octanol–water partition coefficient (Wildman–Crippen LogP) is 2.21. The smallest absolute Gasteiger partial charge is 0.390 e. The fourth-order valence-corrected chi connectivity index (χ4v) is 1.35. The minimum atomic E-state index is -4.20. The minimum Gasteiger partial charge on any atom is -0.478 e. The summed E-state index contributed by atoms with van der Waals surface area (Å²) in [7, 11) is 0. The van der Waals surface area contributed by atoms with Gasteiger partial charge in [-0.05, 0) is 19.1 Å². The van der Waals surface area contributed by atoms with E-state index in [9.17, 15) is 18.0 Å². The highest BCUT2D eigenvalue weighted by atomic mass is 19.4. The Balaban J connectivity index is 2.46. The molecule has 100 valence electrons. The molecule has 0 amide bonds. The SMILES string of the molecule is CC(CC(F)(F)F)NCc1ccc(C(=O)O)cn1. The van der Waals surface area contributed by atoms with Crippen LogP contribution in [0.3, 0.4) is 0 Å². The highest BCUT2D eigenvalue weighted by Gasteiger charge is 2.29. The van der Waals surface area contributed by atoms with Crippen molar-refractivity contribution in [3.63, 3.8) is 0 Å². The van der Waals surface area contributed by atoms with Crippen molar-refractivity contribution in [2.75, 3.05) is 0 Å². The first-order valence-corrected chi connectivity index (χ1v) is 5.26. The number of alkyl halides is 3. The number of nitrogens with zero attached hydrogens (tertiary/aromatic N) is 1. The van der Waals surface area contributed by atoms with Gasteiger partial charge in [-0.3, -0.25) is 4.98 Å². The van der Waals surface area contributed by atoms with E-state index in [2.05, 4.69) is 10.3 Å². The Kier molecular flexibility index (Phi) is 4.66. The second-order valence-electron chi connectivity index (χ2n) is 3.94. The van der Waals surface area contributed by atoms with Gasteiger partial charge in [-0.15, -0.1) is 0 Å². The van der Waals surface area contributed by atoms with E-state index in [1.165, 1.54) is 25.3 Å². The third-order valence-electron chi connectivity index (χ3n) is 2.24. The molecule has 1 heterocycles. The zero-order chi connectivity index (χ0) is 13.8. The summed E-state index contributed by atoms with van der Waals surface area (Å²) < 4.78 is 36.2. The zero-order valence-corrected chi connectivity index (χ0v) is 9.66. The summed E-state index contributed by atoms with van der Waals surface area (Å²) in [6.07, 6.45) is -3.94. The highest BCUT2D eigenvalue weighted by molar-refractivity contribution is 5.87. The Bertz CT molecular complexity index is 404. The molecule has 0 aromatic carbocycles. The predicted molar refractivity (Wildman–Crippen MR) is 58.2 cm³/mol. The maximum absolute atomic E-state index is 12.1. The number of carbonyl (C=O) groups is 1. The van der Waals surface area contributed by atoms with Gasteiger partial charge in [0.25, 0.3) is 0 Å². The van der Waals surface area contributed by atoms with E-state index in [1.54, 1.807) is 0 Å². The molecule has 0 bridgehead atoms. The molecule has 0 aliphatic rings. The van der Waals surface area contributed by atoms with E-state index < -0.39 is 24.6 Å². The average Bonchev–Trinajstić information content (AvgIpc) is 2.24. The summed E-state index contributed by atoms with van der Waals surface area (Å²) in [6, 6.07) is 2.11. The number of hydrogen-bond acceptors (Lipinski definition) is 3. The van der Waals surface area contributed by atoms with Crippen LogP contribution in [0.15, 0.2) is 18.3 Å². The van der Waals surface area contributed by atoms with Gasteiger partial charge < -0.3 is 10.4 Å². The first-order chi connectivity index (χ1) is 8.28. The maximum atomic E-state index is 12.1. The molecule has 1 aromatic heterocycles. The van der Waals surface area contributed by atoms with E-state index in [4.69, 9.17) is 5.11 Å². The quantitative estimate of drug-likeness (QED) is 0.854. The molecule has 0 spiro atoms. The summed E-state index contributed by atoms with van der Waals surface area (Å²) in [4.78, 5) is 14.4. The van der Waals surface area contributed by atoms with Crippen LogP contribution in [-0.4, -0.2) is 28.3 Å². The molecule has 0 saturated heterocycles. The number of nitrogens with one attached hydrogen (secondary N) is 1. The van der Waals surface area contributed by atoms with Gasteiger partial charge in [0.2, 0.25) is 0 Å². The number of hydrogen-bond donors (Lipinski definition) is 2. The number of carboxylic acid groups (broad SMARTS) is 1. The number of halogens is 3. The molecule has 0 saturated carbocycles. The standard InChI is InChI=1S/C11H13F3N2O2/c1-7(4-11(12,13)14)15-6-9-3-2-8(5-16-9)10(17)18/h2-3,5,7,15H,4,6H2,1H3,(H,17,18). The maximum Gasteiger partial charge on any atom is 0.390 e. The Labute approximate surface area is 102 Å². The Morgan fingerprint density at radius 2 is 2.17 bits per heavy atom. The Morgan fingerprint density at radius 1 is 1.50 bits per heavy atom. The molecule has 2 N–H and O–H groups in total. The van der Waals surface area contributed by atoms with Crippen LogP contribution in [0.2, 0.25) is 0 Å². The van der Waals surface area contributed by atoms with Crippen molar-refractivity contribution >= 4 is 5.97 Å². The molecule has 1 aromatic rings. The van der Waals surface area contributed by atoms with Gasteiger partial charge in [0, 0.05) is 18.8 Å². The van der Waals surface area contributed by atoms with Gasteiger partial charge in [-0.25, -0.2) is 4.79 Å². The van der Waals surface area contributed by atoms with Crippen LogP contribution in [0, 0.1) is 0 Å². The lowest BCUT2D eigenvalue weighted by Crippen LogP contribution is -2.30. The van der Waals surface area contributed by atoms with Crippen LogP contribution in [-0.2, 0) is 6.54 Å². The number of carboxylic acids is 1. The lowest BCUT2D eigenvalue weighted by Gasteiger charge is -2.15. The first kappa shape index (κ1) is 14.4. The number of aromatic carboxylic acids is 1. The summed E-state index contributed by atoms with van der Waals surface area (Å²) in [5, 5.41) is 11.3. The van der Waals surface area contributed by atoms with Gasteiger partial charge in [-0.1, -0.05) is 0 Å². The van der Waals surface area contributed by atoms with Crippen molar-refractivity contribution < 1.29 is 23.1 Å². The fourth-order valence-electron chi connectivity index (χ4n) is 1.35.